The third-order valence-electron chi connectivity index (χ3n) is 2.85. The summed E-state index contributed by atoms with van der Waals surface area (Å²) in [5, 5.41) is 3.52. The van der Waals surface area contributed by atoms with Crippen LogP contribution < -0.4 is 11.1 Å². The molecule has 3 N–H and O–H groups in total. The van der Waals surface area contributed by atoms with Crippen molar-refractivity contribution in [3.8, 4) is 0 Å². The van der Waals surface area contributed by atoms with Gasteiger partial charge in [-0.15, -0.1) is 0 Å². The normalized spacial score (nSPS) is 12.5. The molecule has 1 unspecified atom stereocenters. The summed E-state index contributed by atoms with van der Waals surface area (Å²) in [4.78, 5) is 0.415. The van der Waals surface area contributed by atoms with Gasteiger partial charge in [-0.25, -0.2) is 0 Å². The molecule has 0 bridgehead atoms. The number of hydrogen-bond donors (Lipinski definition) is 2. The van der Waals surface area contributed by atoms with Gasteiger partial charge in [-0.3, -0.25) is 0 Å². The lowest BCUT2D eigenvalue weighted by Crippen LogP contribution is -2.26. The molecule has 94 valence electrons. The molecular formula is C13H19BrN2S. The first-order valence-electron chi connectivity index (χ1n) is 5.82. The van der Waals surface area contributed by atoms with Crippen LogP contribution >= 0.6 is 28.1 Å². The summed E-state index contributed by atoms with van der Waals surface area (Å²) >= 11 is 8.59. The average Bonchev–Trinajstić information content (AvgIpc) is 2.24. The Morgan fingerprint density at radius 2 is 2.12 bits per heavy atom. The number of hydrogen-bond acceptors (Lipinski definition) is 2. The van der Waals surface area contributed by atoms with Crippen molar-refractivity contribution >= 4 is 38.8 Å². The molecule has 0 heterocycles. The van der Waals surface area contributed by atoms with Crippen molar-refractivity contribution in [2.24, 2.45) is 11.7 Å². The van der Waals surface area contributed by atoms with Crippen molar-refractivity contribution in [1.82, 2.24) is 0 Å². The fourth-order valence-electron chi connectivity index (χ4n) is 1.83. The summed E-state index contributed by atoms with van der Waals surface area (Å²) in [6.45, 7) is 6.59. The highest BCUT2D eigenvalue weighted by Crippen LogP contribution is 2.26. The van der Waals surface area contributed by atoms with Gasteiger partial charge in [0.25, 0.3) is 0 Å². The van der Waals surface area contributed by atoms with Crippen LogP contribution in [0.1, 0.15) is 32.8 Å². The van der Waals surface area contributed by atoms with Gasteiger partial charge in [0.05, 0.1) is 0 Å². The van der Waals surface area contributed by atoms with Gasteiger partial charge >= 0.3 is 0 Å². The van der Waals surface area contributed by atoms with Gasteiger partial charge in [0, 0.05) is 21.8 Å². The van der Waals surface area contributed by atoms with Crippen LogP contribution in [-0.2, 0) is 0 Å². The van der Waals surface area contributed by atoms with E-state index in [1.54, 1.807) is 0 Å². The van der Waals surface area contributed by atoms with E-state index in [9.17, 15) is 0 Å². The Labute approximate surface area is 117 Å². The zero-order chi connectivity index (χ0) is 13.0. The molecule has 0 radical (unpaired) electrons. The van der Waals surface area contributed by atoms with Crippen molar-refractivity contribution < 1.29 is 0 Å². The number of rotatable bonds is 5. The minimum Gasteiger partial charge on any atom is -0.389 e. The summed E-state index contributed by atoms with van der Waals surface area (Å²) in [6, 6.07) is 6.39. The number of nitrogens with one attached hydrogen (secondary N) is 1. The van der Waals surface area contributed by atoms with E-state index >= 15 is 0 Å². The summed E-state index contributed by atoms with van der Waals surface area (Å²) in [5.41, 5.74) is 7.67. The highest BCUT2D eigenvalue weighted by atomic mass is 79.9. The first kappa shape index (κ1) is 14.5. The lowest BCUT2D eigenvalue weighted by Gasteiger charge is -2.24. The van der Waals surface area contributed by atoms with Crippen molar-refractivity contribution in [3.63, 3.8) is 0 Å². The molecule has 0 saturated carbocycles. The van der Waals surface area contributed by atoms with Gasteiger partial charge in [-0.05, 0) is 40.4 Å². The van der Waals surface area contributed by atoms with Crippen LogP contribution in [0.2, 0.25) is 0 Å². The van der Waals surface area contributed by atoms with E-state index in [1.807, 2.05) is 18.2 Å². The van der Waals surface area contributed by atoms with Gasteiger partial charge in [-0.1, -0.05) is 39.1 Å². The second-order valence-electron chi connectivity index (χ2n) is 4.43. The SMILES string of the molecule is CCC(Nc1cccc(Br)c1C(N)=S)C(C)C. The summed E-state index contributed by atoms with van der Waals surface area (Å²) in [7, 11) is 0. The minimum atomic E-state index is 0.415. The van der Waals surface area contributed by atoms with E-state index < -0.39 is 0 Å². The molecule has 4 heteroatoms. The molecular weight excluding hydrogens is 296 g/mol. The van der Waals surface area contributed by atoms with Crippen LogP contribution in [0.4, 0.5) is 5.69 Å². The molecule has 2 nitrogen and oxygen atoms in total. The van der Waals surface area contributed by atoms with Gasteiger partial charge in [0.2, 0.25) is 0 Å². The van der Waals surface area contributed by atoms with E-state index in [1.165, 1.54) is 0 Å². The Kier molecular flexibility index (Phi) is 5.40. The van der Waals surface area contributed by atoms with Crippen molar-refractivity contribution in [1.29, 1.82) is 0 Å². The van der Waals surface area contributed by atoms with E-state index in [4.69, 9.17) is 18.0 Å². The number of anilines is 1. The first-order valence-corrected chi connectivity index (χ1v) is 7.02. The third kappa shape index (κ3) is 3.68. The Morgan fingerprint density at radius 1 is 1.47 bits per heavy atom. The lowest BCUT2D eigenvalue weighted by atomic mass is 10.0. The van der Waals surface area contributed by atoms with Crippen LogP contribution in [0, 0.1) is 5.92 Å². The van der Waals surface area contributed by atoms with Crippen LogP contribution in [0.5, 0.6) is 0 Å². The number of nitrogens with two attached hydrogens (primary N) is 1. The lowest BCUT2D eigenvalue weighted by molar-refractivity contribution is 0.511. The molecule has 0 saturated heterocycles. The molecule has 0 amide bonds. The maximum Gasteiger partial charge on any atom is 0.107 e. The Bertz CT molecular complexity index is 404. The second kappa shape index (κ2) is 6.36. The minimum absolute atomic E-state index is 0.415. The fraction of sp³-hybridized carbons (Fsp3) is 0.462. The molecule has 1 aromatic rings. The highest BCUT2D eigenvalue weighted by molar-refractivity contribution is 9.10. The fourth-order valence-corrected chi connectivity index (χ4v) is 2.77. The monoisotopic (exact) mass is 314 g/mol. The van der Waals surface area contributed by atoms with Gasteiger partial charge in [-0.2, -0.15) is 0 Å². The van der Waals surface area contributed by atoms with E-state index in [-0.39, 0.29) is 0 Å². The molecule has 0 aliphatic carbocycles. The molecule has 1 aromatic carbocycles. The zero-order valence-corrected chi connectivity index (χ0v) is 12.9. The van der Waals surface area contributed by atoms with E-state index in [0.29, 0.717) is 16.9 Å². The number of thiocarbonyl (C=S) groups is 1. The topological polar surface area (TPSA) is 38.0 Å². The average molecular weight is 315 g/mol. The van der Waals surface area contributed by atoms with Gasteiger partial charge in [0.1, 0.15) is 4.99 Å². The first-order chi connectivity index (χ1) is 7.97. The molecule has 1 rings (SSSR count). The highest BCUT2D eigenvalue weighted by Gasteiger charge is 2.15. The van der Waals surface area contributed by atoms with Gasteiger partial charge < -0.3 is 11.1 Å². The number of benzene rings is 1. The molecule has 0 spiro atoms. The van der Waals surface area contributed by atoms with Crippen molar-refractivity contribution in [2.45, 2.75) is 33.2 Å². The predicted molar refractivity (Wildman–Crippen MR) is 82.6 cm³/mol. The van der Waals surface area contributed by atoms with Crippen LogP contribution in [0.15, 0.2) is 22.7 Å². The Morgan fingerprint density at radius 3 is 2.59 bits per heavy atom. The van der Waals surface area contributed by atoms with Crippen LogP contribution in [-0.4, -0.2) is 11.0 Å². The molecule has 0 fully saturated rings. The van der Waals surface area contributed by atoms with Crippen LogP contribution in [0.25, 0.3) is 0 Å². The zero-order valence-electron chi connectivity index (χ0n) is 10.5. The Hall–Kier alpha value is -0.610. The summed E-state index contributed by atoms with van der Waals surface area (Å²) < 4.78 is 0.939. The van der Waals surface area contributed by atoms with E-state index in [0.717, 1.165) is 22.1 Å². The summed E-state index contributed by atoms with van der Waals surface area (Å²) in [6.07, 6.45) is 1.07. The predicted octanol–water partition coefficient (Wildman–Crippen LogP) is 3.93. The molecule has 0 aliphatic rings. The van der Waals surface area contributed by atoms with Crippen molar-refractivity contribution in [2.75, 3.05) is 5.32 Å². The largest absolute Gasteiger partial charge is 0.389 e. The standard InChI is InChI=1S/C13H19BrN2S/c1-4-10(8(2)3)16-11-7-5-6-9(14)12(11)13(15)17/h5-8,10,16H,4H2,1-3H3,(H2,15,17). The maximum absolute atomic E-state index is 5.77. The third-order valence-corrected chi connectivity index (χ3v) is 3.71. The smallest absolute Gasteiger partial charge is 0.107 e. The molecule has 0 aromatic heterocycles. The summed E-state index contributed by atoms with van der Waals surface area (Å²) in [5.74, 6) is 0.568. The van der Waals surface area contributed by atoms with E-state index in [2.05, 4.69) is 42.0 Å². The molecule has 17 heavy (non-hydrogen) atoms. The molecule has 0 aliphatic heterocycles. The number of halogens is 1. The quantitative estimate of drug-likeness (QED) is 0.809. The Balaban J connectivity index is 3.05. The molecule has 1 atom stereocenters. The van der Waals surface area contributed by atoms with Crippen LogP contribution in [0.3, 0.4) is 0 Å². The van der Waals surface area contributed by atoms with Crippen molar-refractivity contribution in [3.05, 3.63) is 28.2 Å². The maximum atomic E-state index is 5.77. The second-order valence-corrected chi connectivity index (χ2v) is 5.72. The van der Waals surface area contributed by atoms with Gasteiger partial charge in [0.15, 0.2) is 0 Å².